The number of fused-ring (bicyclic) bond motifs is 1. The van der Waals surface area contributed by atoms with Crippen LogP contribution in [0.3, 0.4) is 0 Å². The lowest BCUT2D eigenvalue weighted by Crippen LogP contribution is -2.49. The van der Waals surface area contributed by atoms with E-state index in [1.807, 2.05) is 13.0 Å². The molecule has 2 aromatic carbocycles. The van der Waals surface area contributed by atoms with Gasteiger partial charge in [0.05, 0.1) is 18.0 Å². The van der Waals surface area contributed by atoms with Gasteiger partial charge in [-0.2, -0.15) is 0 Å². The van der Waals surface area contributed by atoms with Crippen LogP contribution in [0, 0.1) is 5.82 Å². The van der Waals surface area contributed by atoms with Crippen LogP contribution in [0.1, 0.15) is 55.8 Å². The maximum Gasteiger partial charge on any atom is 0.244 e. The first-order valence-electron chi connectivity index (χ1n) is 10.4. The topological polar surface area (TPSA) is 66.5 Å². The Labute approximate surface area is 178 Å². The Morgan fingerprint density at radius 2 is 1.80 bits per heavy atom. The van der Waals surface area contributed by atoms with Crippen LogP contribution in [-0.2, 0) is 27.7 Å². The number of rotatable bonds is 7. The Kier molecular flexibility index (Phi) is 6.81. The van der Waals surface area contributed by atoms with Crippen LogP contribution in [-0.4, -0.2) is 26.6 Å². The van der Waals surface area contributed by atoms with Gasteiger partial charge < -0.3 is 5.32 Å². The van der Waals surface area contributed by atoms with Crippen molar-refractivity contribution in [3.05, 3.63) is 65.0 Å². The molecule has 2 aromatic rings. The predicted octanol–water partition coefficient (Wildman–Crippen LogP) is 4.13. The zero-order chi connectivity index (χ0) is 21.9. The fourth-order valence-corrected chi connectivity index (χ4v) is 5.27. The van der Waals surface area contributed by atoms with Crippen LogP contribution in [0.5, 0.6) is 0 Å². The Morgan fingerprint density at radius 3 is 2.43 bits per heavy atom. The number of carbonyl (C=O) groups excluding carboxylic acids is 1. The number of hydrogen-bond acceptors (Lipinski definition) is 3. The summed E-state index contributed by atoms with van der Waals surface area (Å²) < 4.78 is 39.9. The number of halogens is 1. The van der Waals surface area contributed by atoms with Crippen LogP contribution in [0.2, 0.25) is 0 Å². The minimum absolute atomic E-state index is 0.135. The second-order valence-electron chi connectivity index (χ2n) is 7.89. The molecule has 0 bridgehead atoms. The summed E-state index contributed by atoms with van der Waals surface area (Å²) in [4.78, 5) is 13.0. The molecule has 7 heteroatoms. The van der Waals surface area contributed by atoms with E-state index in [0.717, 1.165) is 29.0 Å². The van der Waals surface area contributed by atoms with Crippen LogP contribution in [0.15, 0.2) is 42.5 Å². The Balaban J connectivity index is 1.84. The van der Waals surface area contributed by atoms with E-state index in [0.29, 0.717) is 6.42 Å². The normalized spacial score (nSPS) is 15.7. The van der Waals surface area contributed by atoms with E-state index < -0.39 is 27.8 Å². The van der Waals surface area contributed by atoms with Crippen molar-refractivity contribution in [3.8, 4) is 0 Å². The van der Waals surface area contributed by atoms with Gasteiger partial charge in [-0.15, -0.1) is 0 Å². The summed E-state index contributed by atoms with van der Waals surface area (Å²) in [6, 6.07) is 10.5. The highest BCUT2D eigenvalue weighted by atomic mass is 32.2. The van der Waals surface area contributed by atoms with Crippen LogP contribution in [0.25, 0.3) is 0 Å². The molecule has 1 aliphatic rings. The number of sulfonamides is 1. The highest BCUT2D eigenvalue weighted by Crippen LogP contribution is 2.27. The van der Waals surface area contributed by atoms with E-state index in [2.05, 4.69) is 17.4 Å². The largest absolute Gasteiger partial charge is 0.347 e. The van der Waals surface area contributed by atoms with Crippen molar-refractivity contribution < 1.29 is 17.6 Å². The van der Waals surface area contributed by atoms with Crippen LogP contribution >= 0.6 is 0 Å². The summed E-state index contributed by atoms with van der Waals surface area (Å²) in [5, 5.41) is 2.96. The van der Waals surface area contributed by atoms with Crippen LogP contribution < -0.4 is 9.62 Å². The van der Waals surface area contributed by atoms with E-state index in [9.17, 15) is 17.6 Å². The Morgan fingerprint density at radius 1 is 1.13 bits per heavy atom. The van der Waals surface area contributed by atoms with Crippen molar-refractivity contribution in [2.45, 2.75) is 58.0 Å². The third kappa shape index (κ3) is 4.83. The molecule has 0 fully saturated rings. The lowest BCUT2D eigenvalue weighted by molar-refractivity contribution is -0.122. The van der Waals surface area contributed by atoms with Crippen molar-refractivity contribution in [2.24, 2.45) is 0 Å². The van der Waals surface area contributed by atoms with Gasteiger partial charge in [0.25, 0.3) is 0 Å². The van der Waals surface area contributed by atoms with Crippen molar-refractivity contribution in [3.63, 3.8) is 0 Å². The molecule has 0 saturated carbocycles. The molecular weight excluding hydrogens is 403 g/mol. The van der Waals surface area contributed by atoms with Crippen molar-refractivity contribution in [2.75, 3.05) is 10.6 Å². The minimum atomic E-state index is -3.87. The highest BCUT2D eigenvalue weighted by molar-refractivity contribution is 7.92. The number of amides is 1. The fraction of sp³-hybridized carbons (Fsp3) is 0.435. The van der Waals surface area contributed by atoms with E-state index in [1.54, 1.807) is 6.07 Å². The molecule has 0 aromatic heterocycles. The number of aryl methyl sites for hydroxylation is 2. The summed E-state index contributed by atoms with van der Waals surface area (Å²) in [7, 11) is -3.87. The summed E-state index contributed by atoms with van der Waals surface area (Å²) in [5.41, 5.74) is 3.56. The number of nitrogens with one attached hydrogen (secondary N) is 1. The maximum atomic E-state index is 14.3. The SMILES string of the molecule is CC[C@H](NC(=O)[C@H](C)N(c1ccccc1F)S(C)(=O)=O)c1ccc2c(c1)CCCC2. The third-order valence-corrected chi connectivity index (χ3v) is 6.91. The molecule has 0 radical (unpaired) electrons. The number of anilines is 1. The van der Waals surface area contributed by atoms with Crippen molar-refractivity contribution in [1.82, 2.24) is 5.32 Å². The van der Waals surface area contributed by atoms with Gasteiger partial charge in [0.2, 0.25) is 15.9 Å². The molecular formula is C23H29FN2O3S. The molecule has 3 rings (SSSR count). The van der Waals surface area contributed by atoms with Gasteiger partial charge in [-0.3, -0.25) is 9.10 Å². The molecule has 1 N–H and O–H groups in total. The molecule has 0 unspecified atom stereocenters. The average Bonchev–Trinajstić information content (AvgIpc) is 2.72. The first-order valence-corrected chi connectivity index (χ1v) is 12.2. The molecule has 5 nitrogen and oxygen atoms in total. The number of benzene rings is 2. The van der Waals surface area contributed by atoms with Gasteiger partial charge in [0.1, 0.15) is 11.9 Å². The van der Waals surface area contributed by atoms with Crippen LogP contribution in [0.4, 0.5) is 10.1 Å². The monoisotopic (exact) mass is 432 g/mol. The second kappa shape index (κ2) is 9.16. The smallest absolute Gasteiger partial charge is 0.244 e. The standard InChI is InChI=1S/C23H29FN2O3S/c1-4-21(19-14-13-17-9-5-6-10-18(17)15-19)25-23(27)16(2)26(30(3,28)29)22-12-8-7-11-20(22)24/h7-8,11-16,21H,4-6,9-10H2,1-3H3,(H,25,27)/t16-,21-/m0/s1. The molecule has 2 atom stereocenters. The Bertz CT molecular complexity index is 1020. The second-order valence-corrected chi connectivity index (χ2v) is 9.75. The van der Waals surface area contributed by atoms with Gasteiger partial charge >= 0.3 is 0 Å². The van der Waals surface area contributed by atoms with Gasteiger partial charge in [0, 0.05) is 0 Å². The molecule has 30 heavy (non-hydrogen) atoms. The van der Waals surface area contributed by atoms with E-state index >= 15 is 0 Å². The number of para-hydroxylation sites is 1. The molecule has 0 heterocycles. The lowest BCUT2D eigenvalue weighted by atomic mass is 9.88. The van der Waals surface area contributed by atoms with Gasteiger partial charge in [-0.05, 0) is 67.9 Å². The van der Waals surface area contributed by atoms with Crippen molar-refractivity contribution in [1.29, 1.82) is 0 Å². The fourth-order valence-electron chi connectivity index (χ4n) is 4.09. The number of carbonyl (C=O) groups is 1. The number of nitrogens with zero attached hydrogens (tertiary/aromatic N) is 1. The molecule has 1 amide bonds. The summed E-state index contributed by atoms with van der Waals surface area (Å²) in [6.45, 7) is 3.45. The maximum absolute atomic E-state index is 14.3. The van der Waals surface area contributed by atoms with Gasteiger partial charge in [-0.25, -0.2) is 12.8 Å². The van der Waals surface area contributed by atoms with E-state index in [4.69, 9.17) is 0 Å². The zero-order valence-electron chi connectivity index (χ0n) is 17.7. The minimum Gasteiger partial charge on any atom is -0.347 e. The molecule has 0 aliphatic heterocycles. The van der Waals surface area contributed by atoms with Gasteiger partial charge in [0.15, 0.2) is 0 Å². The third-order valence-electron chi connectivity index (χ3n) is 5.68. The predicted molar refractivity (Wildman–Crippen MR) is 117 cm³/mol. The summed E-state index contributed by atoms with van der Waals surface area (Å²) >= 11 is 0. The molecule has 1 aliphatic carbocycles. The van der Waals surface area contributed by atoms with Gasteiger partial charge in [-0.1, -0.05) is 37.3 Å². The first-order chi connectivity index (χ1) is 14.2. The molecule has 0 saturated heterocycles. The van der Waals surface area contributed by atoms with E-state index in [1.165, 1.54) is 49.1 Å². The molecule has 0 spiro atoms. The zero-order valence-corrected chi connectivity index (χ0v) is 18.5. The molecule has 162 valence electrons. The quantitative estimate of drug-likeness (QED) is 0.716. The van der Waals surface area contributed by atoms with Crippen molar-refractivity contribution >= 4 is 21.6 Å². The average molecular weight is 433 g/mol. The summed E-state index contributed by atoms with van der Waals surface area (Å²) in [6.07, 6.45) is 6.14. The Hall–Kier alpha value is -2.41. The summed E-state index contributed by atoms with van der Waals surface area (Å²) in [5.74, 6) is -1.16. The first kappa shape index (κ1) is 22.3. The highest BCUT2D eigenvalue weighted by Gasteiger charge is 2.32. The lowest BCUT2D eigenvalue weighted by Gasteiger charge is -2.30. The number of hydrogen-bond donors (Lipinski definition) is 1. The van der Waals surface area contributed by atoms with E-state index in [-0.39, 0.29) is 11.7 Å².